The maximum absolute atomic E-state index is 12.5. The number of rotatable bonds is 5. The Morgan fingerprint density at radius 3 is 2.64 bits per heavy atom. The van der Waals surface area contributed by atoms with Gasteiger partial charge in [-0.25, -0.2) is 9.97 Å². The van der Waals surface area contributed by atoms with Crippen LogP contribution in [0.15, 0.2) is 36.5 Å². The van der Waals surface area contributed by atoms with E-state index in [1.807, 2.05) is 0 Å². The average molecular weight is 319 g/mol. The van der Waals surface area contributed by atoms with Crippen molar-refractivity contribution >= 4 is 5.95 Å². The zero-order valence-electron chi connectivity index (χ0n) is 10.9. The molecule has 0 saturated carbocycles. The molecule has 1 aromatic heterocycles. The summed E-state index contributed by atoms with van der Waals surface area (Å²) in [6, 6.07) is 6.52. The molecule has 1 heterocycles. The first-order valence-electron chi connectivity index (χ1n) is 6.02. The number of hydrogen-bond acceptors (Lipinski definition) is 4. The van der Waals surface area contributed by atoms with Crippen molar-refractivity contribution in [3.8, 4) is 5.75 Å². The van der Waals surface area contributed by atoms with E-state index in [9.17, 15) is 22.0 Å². The van der Waals surface area contributed by atoms with Crippen molar-refractivity contribution in [3.05, 3.63) is 47.8 Å². The van der Waals surface area contributed by atoms with Crippen LogP contribution in [0.2, 0.25) is 0 Å². The third kappa shape index (κ3) is 4.54. The number of ether oxygens (including phenoxy) is 1. The second-order valence-electron chi connectivity index (χ2n) is 4.14. The summed E-state index contributed by atoms with van der Waals surface area (Å²) in [6.45, 7) is -2.89. The second kappa shape index (κ2) is 6.54. The number of benzene rings is 1. The zero-order chi connectivity index (χ0) is 16.2. The summed E-state index contributed by atoms with van der Waals surface area (Å²) >= 11 is 0. The van der Waals surface area contributed by atoms with Gasteiger partial charge >= 0.3 is 12.8 Å². The molecule has 0 fully saturated rings. The Bertz CT molecular complexity index is 633. The lowest BCUT2D eigenvalue weighted by atomic mass is 10.2. The van der Waals surface area contributed by atoms with Crippen LogP contribution in [0.5, 0.6) is 5.75 Å². The molecule has 0 aliphatic heterocycles. The Labute approximate surface area is 122 Å². The molecule has 2 aromatic rings. The monoisotopic (exact) mass is 319 g/mol. The largest absolute Gasteiger partial charge is 0.435 e. The summed E-state index contributed by atoms with van der Waals surface area (Å²) in [6.07, 6.45) is -3.58. The maximum Gasteiger partial charge on any atom is 0.433 e. The van der Waals surface area contributed by atoms with Crippen molar-refractivity contribution < 1.29 is 26.7 Å². The predicted molar refractivity (Wildman–Crippen MR) is 67.4 cm³/mol. The third-order valence-corrected chi connectivity index (χ3v) is 2.52. The highest BCUT2D eigenvalue weighted by molar-refractivity contribution is 5.33. The van der Waals surface area contributed by atoms with Crippen LogP contribution in [0.25, 0.3) is 0 Å². The van der Waals surface area contributed by atoms with Gasteiger partial charge < -0.3 is 10.1 Å². The van der Waals surface area contributed by atoms with Crippen LogP contribution < -0.4 is 10.1 Å². The van der Waals surface area contributed by atoms with E-state index in [0.717, 1.165) is 12.3 Å². The van der Waals surface area contributed by atoms with Gasteiger partial charge in [-0.3, -0.25) is 0 Å². The minimum absolute atomic E-state index is 0.0424. The highest BCUT2D eigenvalue weighted by Crippen LogP contribution is 2.27. The summed E-state index contributed by atoms with van der Waals surface area (Å²) in [5.74, 6) is -0.255. The Kier molecular flexibility index (Phi) is 4.74. The second-order valence-corrected chi connectivity index (χ2v) is 4.14. The molecule has 1 aromatic carbocycles. The molecule has 0 unspecified atom stereocenters. The van der Waals surface area contributed by atoms with Crippen molar-refractivity contribution in [2.45, 2.75) is 19.3 Å². The maximum atomic E-state index is 12.5. The minimum atomic E-state index is -4.57. The molecule has 1 N–H and O–H groups in total. The van der Waals surface area contributed by atoms with E-state index >= 15 is 0 Å². The quantitative estimate of drug-likeness (QED) is 0.854. The lowest BCUT2D eigenvalue weighted by molar-refractivity contribution is -0.141. The number of aromatic nitrogens is 2. The van der Waals surface area contributed by atoms with Crippen molar-refractivity contribution in [1.29, 1.82) is 0 Å². The van der Waals surface area contributed by atoms with Gasteiger partial charge in [0.15, 0.2) is 0 Å². The van der Waals surface area contributed by atoms with Crippen molar-refractivity contribution in [2.24, 2.45) is 0 Å². The smallest absolute Gasteiger partial charge is 0.433 e. The van der Waals surface area contributed by atoms with Crippen LogP contribution in [0, 0.1) is 0 Å². The normalized spacial score (nSPS) is 11.5. The highest BCUT2D eigenvalue weighted by atomic mass is 19.4. The number of anilines is 1. The standard InChI is InChI=1S/C13H10F5N3O/c14-11(15)22-9-3-1-2-8(6-9)7-20-12-19-5-4-10(21-12)13(16,17)18/h1-6,11H,7H2,(H,19,20,21). The van der Waals surface area contributed by atoms with Crippen LogP contribution in [0.4, 0.5) is 27.9 Å². The molecule has 22 heavy (non-hydrogen) atoms. The molecule has 0 aliphatic rings. The first-order chi connectivity index (χ1) is 10.3. The first-order valence-corrected chi connectivity index (χ1v) is 6.02. The Hall–Kier alpha value is -2.45. The fourth-order valence-electron chi connectivity index (χ4n) is 1.61. The molecule has 0 spiro atoms. The molecular weight excluding hydrogens is 309 g/mol. The van der Waals surface area contributed by atoms with Gasteiger partial charge in [0.2, 0.25) is 5.95 Å². The topological polar surface area (TPSA) is 47.0 Å². The highest BCUT2D eigenvalue weighted by Gasteiger charge is 2.32. The van der Waals surface area contributed by atoms with Gasteiger partial charge in [0.05, 0.1) is 0 Å². The Balaban J connectivity index is 2.04. The molecule has 0 aliphatic carbocycles. The molecule has 0 saturated heterocycles. The van der Waals surface area contributed by atoms with E-state index in [1.54, 1.807) is 6.07 Å². The molecule has 9 heteroatoms. The van der Waals surface area contributed by atoms with E-state index in [1.165, 1.54) is 18.2 Å². The van der Waals surface area contributed by atoms with E-state index < -0.39 is 18.5 Å². The first kappa shape index (κ1) is 15.9. The van der Waals surface area contributed by atoms with Gasteiger partial charge in [-0.1, -0.05) is 12.1 Å². The molecule has 0 amide bonds. The third-order valence-electron chi connectivity index (χ3n) is 2.52. The van der Waals surface area contributed by atoms with Crippen LogP contribution in [0.3, 0.4) is 0 Å². The summed E-state index contributed by atoms with van der Waals surface area (Å²) in [5.41, 5.74) is -0.543. The van der Waals surface area contributed by atoms with Crippen LogP contribution in [0.1, 0.15) is 11.3 Å². The Morgan fingerprint density at radius 2 is 1.95 bits per heavy atom. The van der Waals surface area contributed by atoms with Crippen molar-refractivity contribution in [3.63, 3.8) is 0 Å². The predicted octanol–water partition coefficient (Wildman–Crippen LogP) is 3.71. The van der Waals surface area contributed by atoms with Gasteiger partial charge in [-0.2, -0.15) is 22.0 Å². The Morgan fingerprint density at radius 1 is 1.18 bits per heavy atom. The van der Waals surface area contributed by atoms with Gasteiger partial charge in [0, 0.05) is 12.7 Å². The van der Waals surface area contributed by atoms with Gasteiger partial charge in [0.25, 0.3) is 0 Å². The molecular formula is C13H10F5N3O. The number of alkyl halides is 5. The SMILES string of the molecule is FC(F)Oc1cccc(CNc2nccc(C(F)(F)F)n2)c1. The summed E-state index contributed by atoms with van der Waals surface area (Å²) < 4.78 is 65.9. The van der Waals surface area contributed by atoms with Crippen LogP contribution in [-0.4, -0.2) is 16.6 Å². The summed E-state index contributed by atoms with van der Waals surface area (Å²) in [4.78, 5) is 7.00. The van der Waals surface area contributed by atoms with E-state index in [-0.39, 0.29) is 18.2 Å². The summed E-state index contributed by atoms with van der Waals surface area (Å²) in [7, 11) is 0. The average Bonchev–Trinajstić information content (AvgIpc) is 2.44. The van der Waals surface area contributed by atoms with Crippen molar-refractivity contribution in [2.75, 3.05) is 5.32 Å². The molecule has 0 bridgehead atoms. The molecule has 2 rings (SSSR count). The van der Waals surface area contributed by atoms with Gasteiger partial charge in [0.1, 0.15) is 11.4 Å². The molecule has 4 nitrogen and oxygen atoms in total. The van der Waals surface area contributed by atoms with E-state index in [2.05, 4.69) is 20.0 Å². The molecule has 0 radical (unpaired) electrons. The van der Waals surface area contributed by atoms with Gasteiger partial charge in [-0.05, 0) is 23.8 Å². The fraction of sp³-hybridized carbons (Fsp3) is 0.231. The zero-order valence-corrected chi connectivity index (χ0v) is 10.9. The lowest BCUT2D eigenvalue weighted by Crippen LogP contribution is -2.11. The minimum Gasteiger partial charge on any atom is -0.435 e. The van der Waals surface area contributed by atoms with Crippen LogP contribution >= 0.6 is 0 Å². The van der Waals surface area contributed by atoms with Crippen LogP contribution in [-0.2, 0) is 12.7 Å². The lowest BCUT2D eigenvalue weighted by Gasteiger charge is -2.09. The van der Waals surface area contributed by atoms with E-state index in [0.29, 0.717) is 5.56 Å². The fourth-order valence-corrected chi connectivity index (χ4v) is 1.61. The van der Waals surface area contributed by atoms with Crippen molar-refractivity contribution in [1.82, 2.24) is 9.97 Å². The number of halogens is 5. The van der Waals surface area contributed by atoms with E-state index in [4.69, 9.17) is 0 Å². The number of nitrogens with one attached hydrogen (secondary N) is 1. The number of nitrogens with zero attached hydrogens (tertiary/aromatic N) is 2. The van der Waals surface area contributed by atoms with Gasteiger partial charge in [-0.15, -0.1) is 0 Å². The summed E-state index contributed by atoms with van der Waals surface area (Å²) in [5, 5.41) is 2.59. The number of hydrogen-bond donors (Lipinski definition) is 1. The molecule has 118 valence electrons. The molecule has 0 atom stereocenters.